The monoisotopic (exact) mass is 374 g/mol. The van der Waals surface area contributed by atoms with Crippen molar-refractivity contribution in [3.63, 3.8) is 0 Å². The Balaban J connectivity index is 1.64. The second kappa shape index (κ2) is 7.08. The second-order valence-electron chi connectivity index (χ2n) is 5.91. The van der Waals surface area contributed by atoms with Gasteiger partial charge in [-0.3, -0.25) is 4.79 Å². The van der Waals surface area contributed by atoms with Crippen LogP contribution in [0.15, 0.2) is 40.9 Å². The highest BCUT2D eigenvalue weighted by molar-refractivity contribution is 9.10. The van der Waals surface area contributed by atoms with Gasteiger partial charge < -0.3 is 10.2 Å². The van der Waals surface area contributed by atoms with Crippen molar-refractivity contribution in [2.24, 2.45) is 5.92 Å². The van der Waals surface area contributed by atoms with Gasteiger partial charge in [0, 0.05) is 23.1 Å². The van der Waals surface area contributed by atoms with Crippen LogP contribution in [0, 0.1) is 5.92 Å². The Morgan fingerprint density at radius 3 is 2.65 bits per heavy atom. The smallest absolute Gasteiger partial charge is 0.256 e. The standard InChI is InChI=1S/C17H19BrN4O/c1-12-7-9-22(10-8-12)16-6-5-15(20-21-16)19-17(23)13-3-2-4-14(18)11-13/h2-6,11-12H,7-10H2,1H3,(H,19,20,23). The third-order valence-electron chi connectivity index (χ3n) is 4.09. The molecule has 2 aromatic rings. The topological polar surface area (TPSA) is 58.1 Å². The molecule has 1 aromatic heterocycles. The molecule has 0 saturated carbocycles. The van der Waals surface area contributed by atoms with E-state index >= 15 is 0 Å². The molecule has 0 unspecified atom stereocenters. The van der Waals surface area contributed by atoms with Crippen molar-refractivity contribution in [2.75, 3.05) is 23.3 Å². The number of aromatic nitrogens is 2. The Labute approximate surface area is 144 Å². The molecule has 1 N–H and O–H groups in total. The minimum Gasteiger partial charge on any atom is -0.355 e. The first-order valence-electron chi connectivity index (χ1n) is 7.77. The van der Waals surface area contributed by atoms with Crippen LogP contribution in [0.1, 0.15) is 30.1 Å². The summed E-state index contributed by atoms with van der Waals surface area (Å²) in [5, 5.41) is 11.1. The summed E-state index contributed by atoms with van der Waals surface area (Å²) in [6.45, 7) is 4.31. The fourth-order valence-corrected chi connectivity index (χ4v) is 3.02. The summed E-state index contributed by atoms with van der Waals surface area (Å²) >= 11 is 3.36. The molecule has 0 aliphatic carbocycles. The zero-order valence-corrected chi connectivity index (χ0v) is 14.6. The van der Waals surface area contributed by atoms with E-state index in [0.717, 1.165) is 29.3 Å². The first kappa shape index (κ1) is 15.9. The van der Waals surface area contributed by atoms with Crippen LogP contribution in [-0.2, 0) is 0 Å². The third kappa shape index (κ3) is 4.07. The van der Waals surface area contributed by atoms with Crippen molar-refractivity contribution < 1.29 is 4.79 Å². The van der Waals surface area contributed by atoms with E-state index in [-0.39, 0.29) is 5.91 Å². The van der Waals surface area contributed by atoms with Gasteiger partial charge in [-0.25, -0.2) is 0 Å². The van der Waals surface area contributed by atoms with Gasteiger partial charge in [0.05, 0.1) is 0 Å². The molecular formula is C17H19BrN4O. The second-order valence-corrected chi connectivity index (χ2v) is 6.83. The van der Waals surface area contributed by atoms with Gasteiger partial charge in [-0.1, -0.05) is 28.9 Å². The Morgan fingerprint density at radius 1 is 1.22 bits per heavy atom. The minimum absolute atomic E-state index is 0.194. The lowest BCUT2D eigenvalue weighted by atomic mass is 9.99. The number of nitrogens with zero attached hydrogens (tertiary/aromatic N) is 3. The van der Waals surface area contributed by atoms with Crippen LogP contribution < -0.4 is 10.2 Å². The molecule has 1 aliphatic heterocycles. The molecule has 2 heterocycles. The first-order valence-corrected chi connectivity index (χ1v) is 8.57. The average molecular weight is 375 g/mol. The minimum atomic E-state index is -0.194. The molecule has 6 heteroatoms. The molecule has 23 heavy (non-hydrogen) atoms. The summed E-state index contributed by atoms with van der Waals surface area (Å²) in [5.41, 5.74) is 0.579. The SMILES string of the molecule is CC1CCN(c2ccc(NC(=O)c3cccc(Br)c3)nn2)CC1. The molecular weight excluding hydrogens is 356 g/mol. The molecule has 3 rings (SSSR count). The van der Waals surface area contributed by atoms with Gasteiger partial charge in [0.25, 0.3) is 5.91 Å². The predicted molar refractivity (Wildman–Crippen MR) is 94.7 cm³/mol. The summed E-state index contributed by atoms with van der Waals surface area (Å²) in [5.74, 6) is 1.92. The molecule has 1 saturated heterocycles. The van der Waals surface area contributed by atoms with Crippen molar-refractivity contribution in [2.45, 2.75) is 19.8 Å². The van der Waals surface area contributed by atoms with Crippen molar-refractivity contribution in [3.8, 4) is 0 Å². The van der Waals surface area contributed by atoms with Crippen LogP contribution in [-0.4, -0.2) is 29.2 Å². The zero-order valence-electron chi connectivity index (χ0n) is 13.0. The molecule has 1 aliphatic rings. The number of halogens is 1. The lowest BCUT2D eigenvalue weighted by Crippen LogP contribution is -2.33. The molecule has 0 radical (unpaired) electrons. The maximum absolute atomic E-state index is 12.2. The van der Waals surface area contributed by atoms with E-state index in [9.17, 15) is 4.79 Å². The van der Waals surface area contributed by atoms with Crippen LogP contribution in [0.3, 0.4) is 0 Å². The fraction of sp³-hybridized carbons (Fsp3) is 0.353. The van der Waals surface area contributed by atoms with E-state index in [1.54, 1.807) is 18.2 Å². The Hall–Kier alpha value is -1.95. The molecule has 0 bridgehead atoms. The number of hydrogen-bond donors (Lipinski definition) is 1. The molecule has 1 fully saturated rings. The highest BCUT2D eigenvalue weighted by Gasteiger charge is 2.17. The number of rotatable bonds is 3. The summed E-state index contributed by atoms with van der Waals surface area (Å²) in [6, 6.07) is 11.0. The van der Waals surface area contributed by atoms with Gasteiger partial charge >= 0.3 is 0 Å². The van der Waals surface area contributed by atoms with E-state index in [1.165, 1.54) is 12.8 Å². The van der Waals surface area contributed by atoms with Crippen molar-refractivity contribution in [3.05, 3.63) is 46.4 Å². The van der Waals surface area contributed by atoms with Crippen LogP contribution in [0.2, 0.25) is 0 Å². The summed E-state index contributed by atoms with van der Waals surface area (Å²) in [4.78, 5) is 14.4. The van der Waals surface area contributed by atoms with E-state index < -0.39 is 0 Å². The number of anilines is 2. The summed E-state index contributed by atoms with van der Waals surface area (Å²) in [6.07, 6.45) is 2.37. The van der Waals surface area contributed by atoms with Crippen LogP contribution >= 0.6 is 15.9 Å². The number of piperidine rings is 1. The van der Waals surface area contributed by atoms with Crippen molar-refractivity contribution in [1.82, 2.24) is 10.2 Å². The Bertz CT molecular complexity index is 681. The van der Waals surface area contributed by atoms with Gasteiger partial charge in [0.2, 0.25) is 0 Å². The normalized spacial score (nSPS) is 15.5. The zero-order chi connectivity index (χ0) is 16.2. The summed E-state index contributed by atoms with van der Waals surface area (Å²) < 4.78 is 0.867. The summed E-state index contributed by atoms with van der Waals surface area (Å²) in [7, 11) is 0. The van der Waals surface area contributed by atoms with Crippen molar-refractivity contribution in [1.29, 1.82) is 0 Å². The number of nitrogens with one attached hydrogen (secondary N) is 1. The van der Waals surface area contributed by atoms with Gasteiger partial charge in [-0.05, 0) is 49.1 Å². The van der Waals surface area contributed by atoms with E-state index in [4.69, 9.17) is 0 Å². The number of carbonyl (C=O) groups excluding carboxylic acids is 1. The highest BCUT2D eigenvalue weighted by atomic mass is 79.9. The van der Waals surface area contributed by atoms with Crippen LogP contribution in [0.25, 0.3) is 0 Å². The van der Waals surface area contributed by atoms with Crippen molar-refractivity contribution >= 4 is 33.5 Å². The quantitative estimate of drug-likeness (QED) is 0.888. The lowest BCUT2D eigenvalue weighted by molar-refractivity contribution is 0.102. The molecule has 0 atom stereocenters. The largest absolute Gasteiger partial charge is 0.355 e. The van der Waals surface area contributed by atoms with Gasteiger partial charge in [0.1, 0.15) is 0 Å². The molecule has 0 spiro atoms. The molecule has 5 nitrogen and oxygen atoms in total. The number of hydrogen-bond acceptors (Lipinski definition) is 4. The third-order valence-corrected chi connectivity index (χ3v) is 4.58. The predicted octanol–water partition coefficient (Wildman–Crippen LogP) is 3.73. The van der Waals surface area contributed by atoms with Gasteiger partial charge in [0.15, 0.2) is 11.6 Å². The van der Waals surface area contributed by atoms with Gasteiger partial charge in [-0.15, -0.1) is 10.2 Å². The van der Waals surface area contributed by atoms with E-state index in [2.05, 4.69) is 43.3 Å². The van der Waals surface area contributed by atoms with E-state index in [1.807, 2.05) is 18.2 Å². The average Bonchev–Trinajstić information content (AvgIpc) is 2.56. The fourth-order valence-electron chi connectivity index (χ4n) is 2.62. The molecule has 1 aromatic carbocycles. The Morgan fingerprint density at radius 2 is 2.00 bits per heavy atom. The first-order chi connectivity index (χ1) is 11.1. The number of amides is 1. The van der Waals surface area contributed by atoms with Crippen LogP contribution in [0.5, 0.6) is 0 Å². The number of benzene rings is 1. The van der Waals surface area contributed by atoms with Gasteiger partial charge in [-0.2, -0.15) is 0 Å². The molecule has 1 amide bonds. The lowest BCUT2D eigenvalue weighted by Gasteiger charge is -2.30. The highest BCUT2D eigenvalue weighted by Crippen LogP contribution is 2.21. The van der Waals surface area contributed by atoms with E-state index in [0.29, 0.717) is 11.4 Å². The number of carbonyl (C=O) groups is 1. The van der Waals surface area contributed by atoms with Crippen LogP contribution in [0.4, 0.5) is 11.6 Å². The maximum Gasteiger partial charge on any atom is 0.256 e. The maximum atomic E-state index is 12.2. The molecule has 120 valence electrons. The Kier molecular flexibility index (Phi) is 4.91.